The van der Waals surface area contributed by atoms with Crippen LogP contribution >= 0.6 is 24.0 Å². The summed E-state index contributed by atoms with van der Waals surface area (Å²) >= 11 is 0. The van der Waals surface area contributed by atoms with Crippen LogP contribution in [-0.4, -0.2) is 45.4 Å². The monoisotopic (exact) mass is 538 g/mol. The summed E-state index contributed by atoms with van der Waals surface area (Å²) in [7, 11) is 4.83. The lowest BCUT2D eigenvalue weighted by Gasteiger charge is -2.15. The Morgan fingerprint density at radius 3 is 2.42 bits per heavy atom. The number of ether oxygens (including phenoxy) is 3. The van der Waals surface area contributed by atoms with Crippen molar-refractivity contribution in [3.05, 3.63) is 53.7 Å². The Kier molecular flexibility index (Phi) is 9.77. The first kappa shape index (κ1) is 24.6. The zero-order chi connectivity index (χ0) is 21.3. The van der Waals surface area contributed by atoms with Crippen LogP contribution in [0.1, 0.15) is 18.1 Å². The fraction of sp³-hybridized carbons (Fsp3) is 0.348. The zero-order valence-electron chi connectivity index (χ0n) is 18.5. The first-order chi connectivity index (χ1) is 14.7. The Bertz CT molecular complexity index is 1000. The van der Waals surface area contributed by atoms with Crippen LogP contribution in [0, 0.1) is 0 Å². The van der Waals surface area contributed by atoms with Gasteiger partial charge >= 0.3 is 0 Å². The third-order valence-corrected chi connectivity index (χ3v) is 4.90. The average Bonchev–Trinajstić information content (AvgIpc) is 3.19. The second-order valence-corrected chi connectivity index (χ2v) is 6.72. The van der Waals surface area contributed by atoms with E-state index in [0.29, 0.717) is 23.8 Å². The predicted molar refractivity (Wildman–Crippen MR) is 136 cm³/mol. The quantitative estimate of drug-likeness (QED) is 0.217. The van der Waals surface area contributed by atoms with Crippen LogP contribution in [0.3, 0.4) is 0 Å². The fourth-order valence-corrected chi connectivity index (χ4v) is 3.45. The highest BCUT2D eigenvalue weighted by atomic mass is 127. The van der Waals surface area contributed by atoms with E-state index in [1.54, 1.807) is 21.3 Å². The summed E-state index contributed by atoms with van der Waals surface area (Å²) in [5.74, 6) is 2.60. The zero-order valence-corrected chi connectivity index (χ0v) is 20.8. The van der Waals surface area contributed by atoms with Gasteiger partial charge < -0.3 is 29.8 Å². The van der Waals surface area contributed by atoms with Crippen LogP contribution in [0.25, 0.3) is 10.9 Å². The molecule has 0 bridgehead atoms. The lowest BCUT2D eigenvalue weighted by atomic mass is 10.1. The van der Waals surface area contributed by atoms with E-state index in [2.05, 4.69) is 40.0 Å². The van der Waals surface area contributed by atoms with Crippen molar-refractivity contribution in [2.45, 2.75) is 19.9 Å². The molecule has 31 heavy (non-hydrogen) atoms. The van der Waals surface area contributed by atoms with Gasteiger partial charge in [0.15, 0.2) is 17.5 Å². The number of nitrogens with zero attached hydrogens (tertiary/aromatic N) is 1. The summed E-state index contributed by atoms with van der Waals surface area (Å²) in [5, 5.41) is 7.96. The molecule has 0 aliphatic carbocycles. The van der Waals surface area contributed by atoms with Crippen molar-refractivity contribution in [2.24, 2.45) is 4.99 Å². The number of methoxy groups -OCH3 is 3. The highest BCUT2D eigenvalue weighted by Gasteiger charge is 2.15. The van der Waals surface area contributed by atoms with Gasteiger partial charge in [-0.25, -0.2) is 4.99 Å². The average molecular weight is 538 g/mol. The SMILES string of the molecule is CCNC(=NCc1ccc(OC)c(OC)c1OC)NCCc1c[nH]c2ccccc12.I. The Balaban J connectivity index is 0.00000341. The van der Waals surface area contributed by atoms with Gasteiger partial charge in [0.25, 0.3) is 0 Å². The van der Waals surface area contributed by atoms with Crippen molar-refractivity contribution in [3.8, 4) is 17.2 Å². The van der Waals surface area contributed by atoms with E-state index in [1.165, 1.54) is 10.9 Å². The number of H-pyrrole nitrogens is 1. The number of aromatic nitrogens is 1. The largest absolute Gasteiger partial charge is 0.493 e. The van der Waals surface area contributed by atoms with Crippen molar-refractivity contribution in [1.29, 1.82) is 0 Å². The van der Waals surface area contributed by atoms with Crippen molar-refractivity contribution >= 4 is 40.8 Å². The number of rotatable bonds is 9. The van der Waals surface area contributed by atoms with Crippen LogP contribution in [0.2, 0.25) is 0 Å². The van der Waals surface area contributed by atoms with E-state index < -0.39 is 0 Å². The molecule has 0 spiro atoms. The molecular weight excluding hydrogens is 507 g/mol. The van der Waals surface area contributed by atoms with Crippen LogP contribution in [-0.2, 0) is 13.0 Å². The Labute approximate surface area is 200 Å². The first-order valence-electron chi connectivity index (χ1n) is 10.1. The molecule has 3 aromatic rings. The molecule has 7 nitrogen and oxygen atoms in total. The minimum Gasteiger partial charge on any atom is -0.493 e. The number of aromatic amines is 1. The normalized spacial score (nSPS) is 11.0. The van der Waals surface area contributed by atoms with Gasteiger partial charge in [-0.2, -0.15) is 0 Å². The summed E-state index contributed by atoms with van der Waals surface area (Å²) in [4.78, 5) is 8.04. The maximum absolute atomic E-state index is 5.55. The number of guanidine groups is 1. The number of benzene rings is 2. The molecule has 2 aromatic carbocycles. The molecule has 0 radical (unpaired) electrons. The lowest BCUT2D eigenvalue weighted by Crippen LogP contribution is -2.38. The molecule has 3 N–H and O–H groups in total. The fourth-order valence-electron chi connectivity index (χ4n) is 3.45. The number of para-hydroxylation sites is 1. The minimum absolute atomic E-state index is 0. The summed E-state index contributed by atoms with van der Waals surface area (Å²) in [5.41, 5.74) is 3.37. The highest BCUT2D eigenvalue weighted by Crippen LogP contribution is 2.39. The number of fused-ring (bicyclic) bond motifs is 1. The molecule has 3 rings (SSSR count). The minimum atomic E-state index is 0. The van der Waals surface area contributed by atoms with E-state index in [4.69, 9.17) is 19.2 Å². The van der Waals surface area contributed by atoms with Gasteiger partial charge in [0.05, 0.1) is 27.9 Å². The maximum atomic E-state index is 5.55. The Hall–Kier alpha value is -2.62. The Morgan fingerprint density at radius 1 is 0.935 bits per heavy atom. The van der Waals surface area contributed by atoms with Gasteiger partial charge in [0.1, 0.15) is 0 Å². The second-order valence-electron chi connectivity index (χ2n) is 6.72. The number of hydrogen-bond donors (Lipinski definition) is 3. The van der Waals surface area contributed by atoms with Gasteiger partial charge in [0.2, 0.25) is 5.75 Å². The predicted octanol–water partition coefficient (Wildman–Crippen LogP) is 4.11. The number of nitrogens with one attached hydrogen (secondary N) is 3. The molecule has 0 unspecified atom stereocenters. The molecule has 8 heteroatoms. The highest BCUT2D eigenvalue weighted by molar-refractivity contribution is 14.0. The summed E-state index contributed by atoms with van der Waals surface area (Å²) < 4.78 is 16.4. The number of halogens is 1. The van der Waals surface area contributed by atoms with Crippen molar-refractivity contribution in [1.82, 2.24) is 15.6 Å². The first-order valence-corrected chi connectivity index (χ1v) is 10.1. The van der Waals surface area contributed by atoms with E-state index in [1.807, 2.05) is 25.1 Å². The van der Waals surface area contributed by atoms with E-state index in [9.17, 15) is 0 Å². The molecule has 168 valence electrons. The van der Waals surface area contributed by atoms with Crippen LogP contribution in [0.15, 0.2) is 47.6 Å². The molecular formula is C23H31IN4O3. The molecule has 0 saturated heterocycles. The smallest absolute Gasteiger partial charge is 0.203 e. The summed E-state index contributed by atoms with van der Waals surface area (Å²) in [6.45, 7) is 4.05. The molecule has 0 aliphatic rings. The van der Waals surface area contributed by atoms with Gasteiger partial charge in [-0.1, -0.05) is 18.2 Å². The molecule has 1 aromatic heterocycles. The molecule has 0 saturated carbocycles. The van der Waals surface area contributed by atoms with E-state index in [-0.39, 0.29) is 24.0 Å². The molecule has 0 amide bonds. The molecule has 0 fully saturated rings. The van der Waals surface area contributed by atoms with Gasteiger partial charge in [0, 0.05) is 35.8 Å². The Morgan fingerprint density at radius 2 is 1.71 bits per heavy atom. The van der Waals surface area contributed by atoms with E-state index >= 15 is 0 Å². The summed E-state index contributed by atoms with van der Waals surface area (Å²) in [6, 6.07) is 12.1. The third kappa shape index (κ3) is 5.96. The van der Waals surface area contributed by atoms with Crippen LogP contribution in [0.4, 0.5) is 0 Å². The number of aliphatic imine (C=N–C) groups is 1. The lowest BCUT2D eigenvalue weighted by molar-refractivity contribution is 0.322. The van der Waals surface area contributed by atoms with Crippen molar-refractivity contribution in [2.75, 3.05) is 34.4 Å². The molecule has 1 heterocycles. The van der Waals surface area contributed by atoms with Crippen molar-refractivity contribution < 1.29 is 14.2 Å². The van der Waals surface area contributed by atoms with Crippen LogP contribution in [0.5, 0.6) is 17.2 Å². The van der Waals surface area contributed by atoms with Crippen molar-refractivity contribution in [3.63, 3.8) is 0 Å². The van der Waals surface area contributed by atoms with E-state index in [0.717, 1.165) is 36.6 Å². The van der Waals surface area contributed by atoms with Gasteiger partial charge in [-0.3, -0.25) is 0 Å². The van der Waals surface area contributed by atoms with Gasteiger partial charge in [-0.15, -0.1) is 24.0 Å². The number of hydrogen-bond acceptors (Lipinski definition) is 4. The van der Waals surface area contributed by atoms with Gasteiger partial charge in [-0.05, 0) is 37.1 Å². The summed E-state index contributed by atoms with van der Waals surface area (Å²) in [6.07, 6.45) is 2.97. The second kappa shape index (κ2) is 12.3. The topological polar surface area (TPSA) is 79.9 Å². The third-order valence-electron chi connectivity index (χ3n) is 4.90. The van der Waals surface area contributed by atoms with Crippen LogP contribution < -0.4 is 24.8 Å². The molecule has 0 atom stereocenters. The maximum Gasteiger partial charge on any atom is 0.203 e. The molecule has 0 aliphatic heterocycles. The standard InChI is InChI=1S/C23H30N4O3.HI/c1-5-24-23(25-13-12-16-14-26-19-9-7-6-8-18(16)19)27-15-17-10-11-20(28-2)22(30-4)21(17)29-3;/h6-11,14,26H,5,12-13,15H2,1-4H3,(H2,24,25,27);1H.